The molecule has 2 aliphatic rings. The number of aromatic nitrogens is 2. The molecule has 0 radical (unpaired) electrons. The maximum Gasteiger partial charge on any atom is 0.227 e. The Labute approximate surface area is 163 Å². The van der Waals surface area contributed by atoms with E-state index in [-0.39, 0.29) is 22.6 Å². The number of likely N-dealkylation sites (tertiary alicyclic amines) is 1. The predicted octanol–water partition coefficient (Wildman–Crippen LogP) is 3.06. The molecule has 0 aromatic carbocycles. The Balaban J connectivity index is 1.78. The number of hydrogen-bond donors (Lipinski definition) is 0. The van der Waals surface area contributed by atoms with Crippen molar-refractivity contribution in [1.29, 1.82) is 0 Å². The summed E-state index contributed by atoms with van der Waals surface area (Å²) < 4.78 is 27.8. The standard InChI is InChI=1S/C20H33N3O3S/c1-3-4-11-23-19(14-22-10-6-9-18(13-22)16(2)24)12-21-20(23)27(25,26)15-17-7-5-8-17/h12,17-18H,3-11,13-15H2,1-2H3. The van der Waals surface area contributed by atoms with Crippen LogP contribution in [-0.2, 0) is 27.7 Å². The van der Waals surface area contributed by atoms with E-state index in [2.05, 4.69) is 16.8 Å². The van der Waals surface area contributed by atoms with Crippen LogP contribution in [0.15, 0.2) is 11.4 Å². The molecule has 0 N–H and O–H groups in total. The van der Waals surface area contributed by atoms with Crippen LogP contribution in [-0.4, -0.2) is 47.5 Å². The van der Waals surface area contributed by atoms with Gasteiger partial charge in [0.15, 0.2) is 0 Å². The first-order valence-corrected chi connectivity index (χ1v) is 12.1. The average Bonchev–Trinajstić information content (AvgIpc) is 3.00. The van der Waals surface area contributed by atoms with E-state index < -0.39 is 9.84 Å². The van der Waals surface area contributed by atoms with E-state index in [0.717, 1.165) is 63.7 Å². The highest BCUT2D eigenvalue weighted by atomic mass is 32.2. The van der Waals surface area contributed by atoms with Crippen molar-refractivity contribution >= 4 is 15.6 Å². The van der Waals surface area contributed by atoms with Gasteiger partial charge in [-0.25, -0.2) is 13.4 Å². The van der Waals surface area contributed by atoms with Gasteiger partial charge in [0.05, 0.1) is 17.6 Å². The minimum atomic E-state index is -3.35. The van der Waals surface area contributed by atoms with Gasteiger partial charge < -0.3 is 4.57 Å². The SMILES string of the molecule is CCCCn1c(CN2CCCC(C(C)=O)C2)cnc1S(=O)(=O)CC1CCC1. The summed E-state index contributed by atoms with van der Waals surface area (Å²) >= 11 is 0. The summed E-state index contributed by atoms with van der Waals surface area (Å²) in [4.78, 5) is 18.4. The highest BCUT2D eigenvalue weighted by molar-refractivity contribution is 7.91. The van der Waals surface area contributed by atoms with Gasteiger partial charge in [-0.3, -0.25) is 9.69 Å². The molecule has 3 rings (SSSR count). The van der Waals surface area contributed by atoms with Gasteiger partial charge in [-0.15, -0.1) is 0 Å². The third-order valence-corrected chi connectivity index (χ3v) is 7.85. The molecule has 0 amide bonds. The maximum atomic E-state index is 12.9. The molecule has 1 aliphatic carbocycles. The van der Waals surface area contributed by atoms with Crippen LogP contribution in [0.25, 0.3) is 0 Å². The largest absolute Gasteiger partial charge is 0.318 e. The van der Waals surface area contributed by atoms with Gasteiger partial charge in [0, 0.05) is 25.6 Å². The Morgan fingerprint density at radius 2 is 2.04 bits per heavy atom. The molecule has 1 aliphatic heterocycles. The third-order valence-electron chi connectivity index (χ3n) is 6.06. The molecule has 27 heavy (non-hydrogen) atoms. The van der Waals surface area contributed by atoms with E-state index in [4.69, 9.17) is 0 Å². The first-order chi connectivity index (χ1) is 12.9. The van der Waals surface area contributed by atoms with E-state index in [9.17, 15) is 13.2 Å². The van der Waals surface area contributed by atoms with Gasteiger partial charge in [-0.1, -0.05) is 19.8 Å². The zero-order valence-corrected chi connectivity index (χ0v) is 17.5. The summed E-state index contributed by atoms with van der Waals surface area (Å²) in [6.45, 7) is 6.85. The number of ketones is 1. The molecule has 0 bridgehead atoms. The lowest BCUT2D eigenvalue weighted by atomic mass is 9.87. The number of nitrogens with zero attached hydrogens (tertiary/aromatic N) is 3. The molecule has 1 aromatic rings. The molecule has 1 unspecified atom stereocenters. The highest BCUT2D eigenvalue weighted by Crippen LogP contribution is 2.30. The van der Waals surface area contributed by atoms with Crippen LogP contribution in [0.2, 0.25) is 0 Å². The Kier molecular flexibility index (Phi) is 6.74. The molecule has 1 atom stereocenters. The van der Waals surface area contributed by atoms with E-state index in [0.29, 0.717) is 19.0 Å². The molecule has 2 heterocycles. The van der Waals surface area contributed by atoms with Gasteiger partial charge in [0.25, 0.3) is 0 Å². The number of Topliss-reactive ketones (excluding diaryl/α,β-unsaturated/α-hetero) is 1. The molecule has 1 saturated heterocycles. The number of carbonyl (C=O) groups is 1. The Hall–Kier alpha value is -1.21. The van der Waals surface area contributed by atoms with E-state index in [1.807, 2.05) is 4.57 Å². The summed E-state index contributed by atoms with van der Waals surface area (Å²) in [5.41, 5.74) is 0.958. The smallest absolute Gasteiger partial charge is 0.227 e. The highest BCUT2D eigenvalue weighted by Gasteiger charge is 2.30. The van der Waals surface area contributed by atoms with Gasteiger partial charge in [-0.2, -0.15) is 0 Å². The first kappa shape index (κ1) is 20.5. The van der Waals surface area contributed by atoms with E-state index >= 15 is 0 Å². The summed E-state index contributed by atoms with van der Waals surface area (Å²) in [5.74, 6) is 0.884. The fourth-order valence-corrected chi connectivity index (χ4v) is 5.99. The topological polar surface area (TPSA) is 72.3 Å². The van der Waals surface area contributed by atoms with Crippen LogP contribution in [0.5, 0.6) is 0 Å². The number of rotatable bonds is 9. The fraction of sp³-hybridized carbons (Fsp3) is 0.800. The number of hydrogen-bond acceptors (Lipinski definition) is 5. The maximum absolute atomic E-state index is 12.9. The van der Waals surface area contributed by atoms with Gasteiger partial charge in [0.2, 0.25) is 15.0 Å². The van der Waals surface area contributed by atoms with Gasteiger partial charge >= 0.3 is 0 Å². The summed E-state index contributed by atoms with van der Waals surface area (Å²) in [6, 6.07) is 0. The second-order valence-corrected chi connectivity index (χ2v) is 10.2. The molecule has 0 spiro atoms. The van der Waals surface area contributed by atoms with Crippen LogP contribution in [0.1, 0.15) is 64.5 Å². The second-order valence-electron chi connectivity index (χ2n) is 8.30. The molecule has 1 saturated carbocycles. The van der Waals surface area contributed by atoms with Crippen LogP contribution in [0.4, 0.5) is 0 Å². The molecule has 1 aromatic heterocycles. The van der Waals surface area contributed by atoms with Crippen LogP contribution < -0.4 is 0 Å². The van der Waals surface area contributed by atoms with E-state index in [1.165, 1.54) is 0 Å². The Morgan fingerprint density at radius 3 is 2.67 bits per heavy atom. The quantitative estimate of drug-likeness (QED) is 0.642. The lowest BCUT2D eigenvalue weighted by Crippen LogP contribution is -2.38. The fourth-order valence-electron chi connectivity index (χ4n) is 4.13. The van der Waals surface area contributed by atoms with Crippen molar-refractivity contribution in [2.75, 3.05) is 18.8 Å². The van der Waals surface area contributed by atoms with Crippen molar-refractivity contribution in [2.24, 2.45) is 11.8 Å². The molecule has 152 valence electrons. The minimum absolute atomic E-state index is 0.104. The minimum Gasteiger partial charge on any atom is -0.318 e. The molecular formula is C20H33N3O3S. The number of piperidine rings is 1. The van der Waals surface area contributed by atoms with Crippen molar-refractivity contribution in [2.45, 2.75) is 77.0 Å². The number of carbonyl (C=O) groups excluding carboxylic acids is 1. The van der Waals surface area contributed by atoms with Crippen LogP contribution in [0.3, 0.4) is 0 Å². The van der Waals surface area contributed by atoms with Crippen LogP contribution in [0, 0.1) is 11.8 Å². The molecular weight excluding hydrogens is 362 g/mol. The Bertz CT molecular complexity index is 753. The van der Waals surface area contributed by atoms with Crippen molar-refractivity contribution in [3.63, 3.8) is 0 Å². The van der Waals surface area contributed by atoms with Crippen molar-refractivity contribution in [1.82, 2.24) is 14.5 Å². The summed E-state index contributed by atoms with van der Waals surface area (Å²) in [5, 5.41) is 0.248. The zero-order chi connectivity index (χ0) is 19.4. The number of imidazole rings is 1. The van der Waals surface area contributed by atoms with Crippen LogP contribution >= 0.6 is 0 Å². The average molecular weight is 396 g/mol. The zero-order valence-electron chi connectivity index (χ0n) is 16.7. The first-order valence-electron chi connectivity index (χ1n) is 10.4. The van der Waals surface area contributed by atoms with Crippen molar-refractivity contribution < 1.29 is 13.2 Å². The lowest BCUT2D eigenvalue weighted by Gasteiger charge is -2.31. The number of sulfone groups is 1. The molecule has 6 nitrogen and oxygen atoms in total. The lowest BCUT2D eigenvalue weighted by molar-refractivity contribution is -0.122. The second kappa shape index (κ2) is 8.86. The van der Waals surface area contributed by atoms with Crippen molar-refractivity contribution in [3.8, 4) is 0 Å². The summed E-state index contributed by atoms with van der Waals surface area (Å²) in [6.07, 6.45) is 8.83. The van der Waals surface area contributed by atoms with Gasteiger partial charge in [0.1, 0.15) is 5.78 Å². The molecule has 2 fully saturated rings. The third kappa shape index (κ3) is 4.99. The monoisotopic (exact) mass is 395 g/mol. The normalized spacial score (nSPS) is 21.9. The summed E-state index contributed by atoms with van der Waals surface area (Å²) in [7, 11) is -3.35. The predicted molar refractivity (Wildman–Crippen MR) is 105 cm³/mol. The molecule has 7 heteroatoms. The van der Waals surface area contributed by atoms with E-state index in [1.54, 1.807) is 13.1 Å². The van der Waals surface area contributed by atoms with Gasteiger partial charge in [-0.05, 0) is 51.5 Å². The Morgan fingerprint density at radius 1 is 1.26 bits per heavy atom. The number of unbranched alkanes of at least 4 members (excludes halogenated alkanes) is 1. The van der Waals surface area contributed by atoms with Crippen molar-refractivity contribution in [3.05, 3.63) is 11.9 Å².